The summed E-state index contributed by atoms with van der Waals surface area (Å²) in [5.41, 5.74) is 2.90. The zero-order chi connectivity index (χ0) is 22.7. The fraction of sp³-hybridized carbons (Fsp3) is 0.167. The van der Waals surface area contributed by atoms with E-state index in [0.717, 1.165) is 16.5 Å². The highest BCUT2D eigenvalue weighted by Crippen LogP contribution is 2.29. The summed E-state index contributed by atoms with van der Waals surface area (Å²) in [5, 5.41) is 18.3. The van der Waals surface area contributed by atoms with Crippen LogP contribution >= 0.6 is 11.6 Å². The van der Waals surface area contributed by atoms with Gasteiger partial charge in [0.1, 0.15) is 22.9 Å². The lowest BCUT2D eigenvalue weighted by atomic mass is 10.1. The average Bonchev–Trinajstić information content (AvgIpc) is 3.20. The van der Waals surface area contributed by atoms with Gasteiger partial charge in [-0.3, -0.25) is 4.79 Å². The van der Waals surface area contributed by atoms with Crippen molar-refractivity contribution in [3.05, 3.63) is 76.4 Å². The smallest absolute Gasteiger partial charge is 0.225 e. The molecule has 4 rings (SSSR count). The molecular formula is C24H20ClN5O2. The molecular weight excluding hydrogens is 426 g/mol. The molecule has 7 nitrogen and oxygen atoms in total. The van der Waals surface area contributed by atoms with Gasteiger partial charge in [0.2, 0.25) is 5.91 Å². The van der Waals surface area contributed by atoms with Crippen LogP contribution in [0.3, 0.4) is 0 Å². The van der Waals surface area contributed by atoms with Crippen LogP contribution in [0.2, 0.25) is 5.02 Å². The lowest BCUT2D eigenvalue weighted by Crippen LogP contribution is -2.17. The highest BCUT2D eigenvalue weighted by atomic mass is 35.5. The van der Waals surface area contributed by atoms with E-state index in [9.17, 15) is 10.1 Å². The van der Waals surface area contributed by atoms with Gasteiger partial charge in [0.25, 0.3) is 0 Å². The number of para-hydroxylation sites is 1. The summed E-state index contributed by atoms with van der Waals surface area (Å²) in [6, 6.07) is 17.0. The summed E-state index contributed by atoms with van der Waals surface area (Å²) in [7, 11) is 1.59. The number of aromatic nitrogens is 3. The Morgan fingerprint density at radius 2 is 2.03 bits per heavy atom. The van der Waals surface area contributed by atoms with Gasteiger partial charge >= 0.3 is 0 Å². The number of fused-ring (bicyclic) bond motifs is 1. The fourth-order valence-electron chi connectivity index (χ4n) is 3.48. The zero-order valence-electron chi connectivity index (χ0n) is 17.6. The lowest BCUT2D eigenvalue weighted by Gasteiger charge is -2.12. The molecule has 1 amide bonds. The summed E-state index contributed by atoms with van der Waals surface area (Å²) >= 11 is 5.91. The highest BCUT2D eigenvalue weighted by Gasteiger charge is 2.18. The number of carbonyl (C=O) groups is 1. The minimum Gasteiger partial charge on any atom is -0.494 e. The summed E-state index contributed by atoms with van der Waals surface area (Å²) in [6.45, 7) is 1.96. The largest absolute Gasteiger partial charge is 0.494 e. The molecule has 4 aromatic rings. The highest BCUT2D eigenvalue weighted by molar-refractivity contribution is 6.30. The number of nitriles is 1. The van der Waals surface area contributed by atoms with Crippen molar-refractivity contribution in [2.75, 3.05) is 12.4 Å². The minimum atomic E-state index is -0.228. The van der Waals surface area contributed by atoms with E-state index in [4.69, 9.17) is 21.3 Å². The first kappa shape index (κ1) is 21.3. The Bertz CT molecular complexity index is 1340. The minimum absolute atomic E-state index is 0.228. The van der Waals surface area contributed by atoms with E-state index in [2.05, 4.69) is 16.5 Å². The third kappa shape index (κ3) is 4.27. The number of rotatable bonds is 6. The molecule has 32 heavy (non-hydrogen) atoms. The molecule has 0 aliphatic carbocycles. The van der Waals surface area contributed by atoms with Crippen molar-refractivity contribution in [1.82, 2.24) is 14.8 Å². The van der Waals surface area contributed by atoms with Crippen LogP contribution < -0.4 is 10.1 Å². The standard InChI is InChI=1S/C24H20ClN5O2/c1-15-12-21(28-23-19(15)4-3-5-20(23)32-2)30-24(17(13-26)14-27-30)29-22(31)11-8-16-6-9-18(25)10-7-16/h3-7,9-10,12,14H,8,11H2,1-2H3,(H,29,31). The topological polar surface area (TPSA) is 92.8 Å². The number of amides is 1. The van der Waals surface area contributed by atoms with Crippen molar-refractivity contribution in [2.45, 2.75) is 19.8 Å². The second-order valence-corrected chi connectivity index (χ2v) is 7.70. The van der Waals surface area contributed by atoms with Crippen molar-refractivity contribution < 1.29 is 9.53 Å². The third-order valence-electron chi connectivity index (χ3n) is 5.13. The number of methoxy groups -OCH3 is 1. The first-order valence-corrected chi connectivity index (χ1v) is 10.3. The van der Waals surface area contributed by atoms with Gasteiger partial charge in [-0.25, -0.2) is 4.98 Å². The van der Waals surface area contributed by atoms with E-state index >= 15 is 0 Å². The number of hydrogen-bond donors (Lipinski definition) is 1. The van der Waals surface area contributed by atoms with Crippen molar-refractivity contribution in [3.63, 3.8) is 0 Å². The van der Waals surface area contributed by atoms with Gasteiger partial charge in [0.15, 0.2) is 11.6 Å². The van der Waals surface area contributed by atoms with Gasteiger partial charge in [-0.1, -0.05) is 35.9 Å². The van der Waals surface area contributed by atoms with Crippen LogP contribution in [0.5, 0.6) is 5.75 Å². The Morgan fingerprint density at radius 1 is 1.25 bits per heavy atom. The molecule has 0 spiro atoms. The Morgan fingerprint density at radius 3 is 2.75 bits per heavy atom. The molecule has 8 heteroatoms. The van der Waals surface area contributed by atoms with E-state index in [1.54, 1.807) is 19.2 Å². The maximum atomic E-state index is 12.7. The Kier molecular flexibility index (Phi) is 6.06. The molecule has 2 aromatic heterocycles. The first-order chi connectivity index (χ1) is 15.5. The number of hydrogen-bond acceptors (Lipinski definition) is 5. The van der Waals surface area contributed by atoms with Crippen molar-refractivity contribution >= 4 is 34.2 Å². The van der Waals surface area contributed by atoms with Gasteiger partial charge in [-0.05, 0) is 48.7 Å². The molecule has 0 radical (unpaired) electrons. The predicted octanol–water partition coefficient (Wildman–Crippen LogP) is 4.83. The molecule has 0 aliphatic rings. The fourth-order valence-corrected chi connectivity index (χ4v) is 3.60. The number of benzene rings is 2. The van der Waals surface area contributed by atoms with Crippen molar-refractivity contribution in [1.29, 1.82) is 5.26 Å². The molecule has 2 aromatic carbocycles. The molecule has 160 valence electrons. The maximum Gasteiger partial charge on any atom is 0.225 e. The van der Waals surface area contributed by atoms with Crippen molar-refractivity contribution in [2.24, 2.45) is 0 Å². The molecule has 0 aliphatic heterocycles. The Balaban J connectivity index is 1.64. The second-order valence-electron chi connectivity index (χ2n) is 7.26. The van der Waals surface area contributed by atoms with E-state index in [-0.39, 0.29) is 23.7 Å². The third-order valence-corrected chi connectivity index (χ3v) is 5.39. The molecule has 0 bridgehead atoms. The molecule has 1 N–H and O–H groups in total. The molecule has 0 saturated heterocycles. The van der Waals surface area contributed by atoms with Crippen LogP contribution in [-0.4, -0.2) is 27.8 Å². The number of pyridine rings is 1. The van der Waals surface area contributed by atoms with Gasteiger partial charge in [-0.15, -0.1) is 0 Å². The summed E-state index contributed by atoms with van der Waals surface area (Å²) in [4.78, 5) is 17.4. The van der Waals surface area contributed by atoms with E-state index in [1.807, 2.05) is 43.3 Å². The number of nitrogens with one attached hydrogen (secondary N) is 1. The Hall–Kier alpha value is -3.89. The van der Waals surface area contributed by atoms with Gasteiger partial charge in [-0.2, -0.15) is 15.0 Å². The predicted molar refractivity (Wildman–Crippen MR) is 123 cm³/mol. The summed E-state index contributed by atoms with van der Waals surface area (Å²) < 4.78 is 6.92. The quantitative estimate of drug-likeness (QED) is 0.458. The number of ether oxygens (including phenoxy) is 1. The van der Waals surface area contributed by atoms with Gasteiger partial charge in [0.05, 0.1) is 13.3 Å². The maximum absolute atomic E-state index is 12.7. The normalized spacial score (nSPS) is 10.7. The molecule has 0 unspecified atom stereocenters. The number of aryl methyl sites for hydroxylation is 2. The summed E-state index contributed by atoms with van der Waals surface area (Å²) in [6.07, 6.45) is 2.21. The van der Waals surface area contributed by atoms with Gasteiger partial charge in [0, 0.05) is 16.8 Å². The molecule has 0 atom stereocenters. The van der Waals surface area contributed by atoms with E-state index in [1.165, 1.54) is 10.9 Å². The first-order valence-electron chi connectivity index (χ1n) is 9.97. The molecule has 2 heterocycles. The van der Waals surface area contributed by atoms with E-state index < -0.39 is 0 Å². The average molecular weight is 446 g/mol. The lowest BCUT2D eigenvalue weighted by molar-refractivity contribution is -0.116. The SMILES string of the molecule is COc1cccc2c(C)cc(-n3ncc(C#N)c3NC(=O)CCc3ccc(Cl)cc3)nc12. The van der Waals surface area contributed by atoms with Crippen molar-refractivity contribution in [3.8, 4) is 17.6 Å². The number of anilines is 1. The van der Waals surface area contributed by atoms with Crippen LogP contribution in [0, 0.1) is 18.3 Å². The van der Waals surface area contributed by atoms with E-state index in [0.29, 0.717) is 28.5 Å². The Labute approximate surface area is 190 Å². The van der Waals surface area contributed by atoms with Crippen LogP contribution in [0.15, 0.2) is 54.7 Å². The number of carbonyl (C=O) groups excluding carboxylic acids is 1. The second kappa shape index (κ2) is 9.08. The van der Waals surface area contributed by atoms with Crippen LogP contribution in [0.1, 0.15) is 23.1 Å². The zero-order valence-corrected chi connectivity index (χ0v) is 18.3. The van der Waals surface area contributed by atoms with Crippen LogP contribution in [0.25, 0.3) is 16.7 Å². The van der Waals surface area contributed by atoms with Gasteiger partial charge < -0.3 is 10.1 Å². The summed E-state index contributed by atoms with van der Waals surface area (Å²) in [5.74, 6) is 1.17. The monoisotopic (exact) mass is 445 g/mol. The number of nitrogens with zero attached hydrogens (tertiary/aromatic N) is 4. The van der Waals surface area contributed by atoms with Crippen LogP contribution in [0.4, 0.5) is 5.82 Å². The van der Waals surface area contributed by atoms with Crippen LogP contribution in [-0.2, 0) is 11.2 Å². The molecule has 0 saturated carbocycles. The molecule has 0 fully saturated rings. The number of halogens is 1.